The SMILES string of the molecule is CC(c1cccs1)n1c(CCCl)nc2c(C#N)cccc21. The van der Waals surface area contributed by atoms with Gasteiger partial charge in [0, 0.05) is 17.2 Å². The highest BCUT2D eigenvalue weighted by atomic mass is 35.5. The largest absolute Gasteiger partial charge is 0.320 e. The number of benzene rings is 1. The minimum atomic E-state index is 0.183. The van der Waals surface area contributed by atoms with Crippen LogP contribution < -0.4 is 0 Å². The molecule has 3 rings (SSSR count). The normalized spacial score (nSPS) is 12.4. The number of thiophene rings is 1. The molecule has 0 spiro atoms. The predicted molar refractivity (Wildman–Crippen MR) is 87.0 cm³/mol. The molecule has 1 unspecified atom stereocenters. The van der Waals surface area contributed by atoms with E-state index in [0.29, 0.717) is 17.9 Å². The highest BCUT2D eigenvalue weighted by Crippen LogP contribution is 2.30. The Morgan fingerprint density at radius 3 is 2.90 bits per heavy atom. The quantitative estimate of drug-likeness (QED) is 0.671. The van der Waals surface area contributed by atoms with Crippen LogP contribution in [0.3, 0.4) is 0 Å². The number of para-hydroxylation sites is 1. The lowest BCUT2D eigenvalue weighted by Crippen LogP contribution is -2.10. The van der Waals surface area contributed by atoms with Gasteiger partial charge in [-0.2, -0.15) is 5.26 Å². The van der Waals surface area contributed by atoms with Crippen LogP contribution in [0.15, 0.2) is 35.7 Å². The van der Waals surface area contributed by atoms with Crippen LogP contribution in [0.2, 0.25) is 0 Å². The zero-order valence-corrected chi connectivity index (χ0v) is 13.2. The minimum Gasteiger partial charge on any atom is -0.320 e. The van der Waals surface area contributed by atoms with Gasteiger partial charge in [0.15, 0.2) is 0 Å². The second-order valence-corrected chi connectivity index (χ2v) is 6.17. The Bertz CT molecular complexity index is 799. The topological polar surface area (TPSA) is 41.6 Å². The van der Waals surface area contributed by atoms with Gasteiger partial charge in [0.2, 0.25) is 0 Å². The third kappa shape index (κ3) is 2.44. The highest BCUT2D eigenvalue weighted by molar-refractivity contribution is 7.10. The molecule has 5 heteroatoms. The highest BCUT2D eigenvalue weighted by Gasteiger charge is 2.19. The van der Waals surface area contributed by atoms with Crippen molar-refractivity contribution in [1.29, 1.82) is 5.26 Å². The monoisotopic (exact) mass is 315 g/mol. The fourth-order valence-corrected chi connectivity index (χ4v) is 3.55. The summed E-state index contributed by atoms with van der Waals surface area (Å²) >= 11 is 7.65. The van der Waals surface area contributed by atoms with Crippen LogP contribution in [-0.4, -0.2) is 15.4 Å². The number of hydrogen-bond acceptors (Lipinski definition) is 3. The Balaban J connectivity index is 2.24. The van der Waals surface area contributed by atoms with Crippen LogP contribution >= 0.6 is 22.9 Å². The van der Waals surface area contributed by atoms with Crippen LogP contribution in [-0.2, 0) is 6.42 Å². The number of alkyl halides is 1. The Labute approximate surface area is 132 Å². The van der Waals surface area contributed by atoms with Gasteiger partial charge < -0.3 is 4.57 Å². The summed E-state index contributed by atoms with van der Waals surface area (Å²) in [5.41, 5.74) is 2.37. The number of hydrogen-bond donors (Lipinski definition) is 0. The number of nitriles is 1. The molecule has 0 saturated heterocycles. The minimum absolute atomic E-state index is 0.183. The molecule has 0 aliphatic carbocycles. The molecule has 2 heterocycles. The molecule has 0 bridgehead atoms. The summed E-state index contributed by atoms with van der Waals surface area (Å²) in [6.45, 7) is 2.16. The van der Waals surface area contributed by atoms with Gasteiger partial charge in [0.05, 0.1) is 17.1 Å². The molecule has 0 fully saturated rings. The fourth-order valence-electron chi connectivity index (χ4n) is 2.60. The molecular formula is C16H14ClN3S. The summed E-state index contributed by atoms with van der Waals surface area (Å²) in [5, 5.41) is 11.3. The Morgan fingerprint density at radius 2 is 2.24 bits per heavy atom. The van der Waals surface area contributed by atoms with Gasteiger partial charge in [-0.3, -0.25) is 0 Å². The summed E-state index contributed by atoms with van der Waals surface area (Å²) in [5.74, 6) is 1.45. The second-order valence-electron chi connectivity index (χ2n) is 4.81. The average Bonchev–Trinajstić information content (AvgIpc) is 3.14. The van der Waals surface area contributed by atoms with E-state index in [4.69, 9.17) is 11.6 Å². The van der Waals surface area contributed by atoms with E-state index < -0.39 is 0 Å². The summed E-state index contributed by atoms with van der Waals surface area (Å²) in [7, 11) is 0. The first-order chi connectivity index (χ1) is 10.3. The van der Waals surface area contributed by atoms with E-state index in [1.165, 1.54) is 4.88 Å². The number of halogens is 1. The maximum Gasteiger partial charge on any atom is 0.111 e. The van der Waals surface area contributed by atoms with E-state index in [9.17, 15) is 5.26 Å². The Morgan fingerprint density at radius 1 is 1.38 bits per heavy atom. The van der Waals surface area contributed by atoms with Crippen molar-refractivity contribution >= 4 is 34.0 Å². The molecule has 0 amide bonds. The van der Waals surface area contributed by atoms with Crippen molar-refractivity contribution in [3.8, 4) is 6.07 Å². The van der Waals surface area contributed by atoms with Gasteiger partial charge in [-0.1, -0.05) is 12.1 Å². The molecule has 3 aromatic rings. The summed E-state index contributed by atoms with van der Waals surface area (Å²) in [6.07, 6.45) is 0.691. The van der Waals surface area contributed by atoms with Crippen LogP contribution in [0, 0.1) is 11.3 Å². The number of rotatable bonds is 4. The van der Waals surface area contributed by atoms with Crippen LogP contribution in [0.5, 0.6) is 0 Å². The lowest BCUT2D eigenvalue weighted by Gasteiger charge is -2.16. The molecular weight excluding hydrogens is 302 g/mol. The molecule has 0 aliphatic heterocycles. The first-order valence-electron chi connectivity index (χ1n) is 6.75. The second kappa shape index (κ2) is 5.88. The molecule has 0 saturated carbocycles. The van der Waals surface area contributed by atoms with E-state index in [0.717, 1.165) is 16.9 Å². The van der Waals surface area contributed by atoms with Crippen molar-refractivity contribution in [3.05, 3.63) is 52.0 Å². The van der Waals surface area contributed by atoms with Gasteiger partial charge in [0.1, 0.15) is 17.4 Å². The standard InChI is InChI=1S/C16H14ClN3S/c1-11(14-6-3-9-21-14)20-13-5-2-4-12(10-18)16(13)19-15(20)7-8-17/h2-6,9,11H,7-8H2,1H3. The van der Waals surface area contributed by atoms with Crippen molar-refractivity contribution < 1.29 is 0 Å². The first kappa shape index (κ1) is 14.1. The molecule has 0 aliphatic rings. The third-order valence-electron chi connectivity index (χ3n) is 3.57. The molecule has 0 N–H and O–H groups in total. The maximum absolute atomic E-state index is 9.26. The van der Waals surface area contributed by atoms with Gasteiger partial charge >= 0.3 is 0 Å². The van der Waals surface area contributed by atoms with Gasteiger partial charge in [-0.25, -0.2) is 4.98 Å². The first-order valence-corrected chi connectivity index (χ1v) is 8.17. The van der Waals surface area contributed by atoms with Gasteiger partial charge in [-0.15, -0.1) is 22.9 Å². The number of fused-ring (bicyclic) bond motifs is 1. The molecule has 3 nitrogen and oxygen atoms in total. The summed E-state index contributed by atoms with van der Waals surface area (Å²) < 4.78 is 2.20. The lowest BCUT2D eigenvalue weighted by molar-refractivity contribution is 0.633. The zero-order chi connectivity index (χ0) is 14.8. The zero-order valence-electron chi connectivity index (χ0n) is 11.6. The fraction of sp³-hybridized carbons (Fsp3) is 0.250. The van der Waals surface area contributed by atoms with Crippen molar-refractivity contribution in [1.82, 2.24) is 9.55 Å². The van der Waals surface area contributed by atoms with Crippen LogP contribution in [0.1, 0.15) is 29.2 Å². The Hall–Kier alpha value is -1.83. The number of aromatic nitrogens is 2. The molecule has 1 aromatic carbocycles. The Kier molecular flexibility index (Phi) is 3.96. The van der Waals surface area contributed by atoms with Crippen molar-refractivity contribution in [2.75, 3.05) is 5.88 Å². The summed E-state index contributed by atoms with van der Waals surface area (Å²) in [6, 6.07) is 12.3. The smallest absolute Gasteiger partial charge is 0.111 e. The van der Waals surface area contributed by atoms with Crippen molar-refractivity contribution in [2.45, 2.75) is 19.4 Å². The molecule has 2 aromatic heterocycles. The van der Waals surface area contributed by atoms with E-state index in [-0.39, 0.29) is 6.04 Å². The number of nitrogens with zero attached hydrogens (tertiary/aromatic N) is 3. The number of aryl methyl sites for hydroxylation is 1. The molecule has 21 heavy (non-hydrogen) atoms. The van der Waals surface area contributed by atoms with Crippen molar-refractivity contribution in [3.63, 3.8) is 0 Å². The lowest BCUT2D eigenvalue weighted by atomic mass is 10.2. The van der Waals surface area contributed by atoms with Crippen molar-refractivity contribution in [2.24, 2.45) is 0 Å². The molecule has 1 atom stereocenters. The van der Waals surface area contributed by atoms with E-state index in [1.807, 2.05) is 12.1 Å². The average molecular weight is 316 g/mol. The van der Waals surface area contributed by atoms with E-state index in [2.05, 4.69) is 40.1 Å². The van der Waals surface area contributed by atoms with Crippen LogP contribution in [0.25, 0.3) is 11.0 Å². The molecule has 106 valence electrons. The van der Waals surface area contributed by atoms with E-state index >= 15 is 0 Å². The van der Waals surface area contributed by atoms with E-state index in [1.54, 1.807) is 17.4 Å². The molecule has 0 radical (unpaired) electrons. The van der Waals surface area contributed by atoms with Gasteiger partial charge in [-0.05, 0) is 30.5 Å². The van der Waals surface area contributed by atoms with Crippen LogP contribution in [0.4, 0.5) is 0 Å². The number of imidazole rings is 1. The maximum atomic E-state index is 9.26. The summed E-state index contributed by atoms with van der Waals surface area (Å²) in [4.78, 5) is 5.94. The third-order valence-corrected chi connectivity index (χ3v) is 4.81. The predicted octanol–water partition coefficient (Wildman–Crippen LogP) is 4.36. The van der Waals surface area contributed by atoms with Gasteiger partial charge in [0.25, 0.3) is 0 Å².